The average Bonchev–Trinajstić information content (AvgIpc) is 3.17. The summed E-state index contributed by atoms with van der Waals surface area (Å²) in [5.41, 5.74) is 2.20. The highest BCUT2D eigenvalue weighted by molar-refractivity contribution is 8.15. The van der Waals surface area contributed by atoms with Crippen LogP contribution in [0.25, 0.3) is 0 Å². The van der Waals surface area contributed by atoms with Crippen LogP contribution >= 0.6 is 11.8 Å². The third kappa shape index (κ3) is 3.26. The molecule has 7 heteroatoms. The van der Waals surface area contributed by atoms with Crippen LogP contribution in [0.2, 0.25) is 0 Å². The van der Waals surface area contributed by atoms with Crippen LogP contribution in [0.4, 0.5) is 5.69 Å². The Bertz CT molecular complexity index is 864. The molecule has 0 radical (unpaired) electrons. The lowest BCUT2D eigenvalue weighted by molar-refractivity contribution is -0.122. The summed E-state index contributed by atoms with van der Waals surface area (Å²) in [4.78, 5) is 24.4. The highest BCUT2D eigenvalue weighted by Crippen LogP contribution is 2.64. The number of hydrogen-bond acceptors (Lipinski definition) is 5. The SMILES string of the molecule is CC12CCC(C/C1=N/N=C1/NC(=O)C(CC(=O)Nc3ccccc3)S1)C2(C)C. The Morgan fingerprint density at radius 1 is 1.25 bits per heavy atom. The first kappa shape index (κ1) is 19.2. The van der Waals surface area contributed by atoms with E-state index in [1.807, 2.05) is 30.3 Å². The van der Waals surface area contributed by atoms with Crippen molar-refractivity contribution in [2.75, 3.05) is 5.32 Å². The summed E-state index contributed by atoms with van der Waals surface area (Å²) in [6.07, 6.45) is 3.49. The second-order valence-electron chi connectivity index (χ2n) is 8.66. The molecule has 3 fully saturated rings. The van der Waals surface area contributed by atoms with E-state index in [0.29, 0.717) is 11.1 Å². The molecule has 2 bridgehead atoms. The molecule has 2 N–H and O–H groups in total. The molecule has 1 saturated heterocycles. The molecule has 148 valence electrons. The van der Waals surface area contributed by atoms with Gasteiger partial charge in [0, 0.05) is 23.2 Å². The predicted molar refractivity (Wildman–Crippen MR) is 113 cm³/mol. The first-order valence-electron chi connectivity index (χ1n) is 9.77. The lowest BCUT2D eigenvalue weighted by atomic mass is 9.70. The van der Waals surface area contributed by atoms with Gasteiger partial charge >= 0.3 is 0 Å². The Balaban J connectivity index is 1.39. The fraction of sp³-hybridized carbons (Fsp3) is 0.524. The quantitative estimate of drug-likeness (QED) is 0.757. The van der Waals surface area contributed by atoms with Crippen molar-refractivity contribution in [2.24, 2.45) is 27.0 Å². The number of benzene rings is 1. The number of amidine groups is 1. The van der Waals surface area contributed by atoms with Crippen LogP contribution in [0.3, 0.4) is 0 Å². The third-order valence-electron chi connectivity index (χ3n) is 6.98. The lowest BCUT2D eigenvalue weighted by Crippen LogP contribution is -2.32. The van der Waals surface area contributed by atoms with E-state index >= 15 is 0 Å². The van der Waals surface area contributed by atoms with Gasteiger partial charge in [0.1, 0.15) is 5.25 Å². The fourth-order valence-corrected chi connectivity index (χ4v) is 5.59. The summed E-state index contributed by atoms with van der Waals surface area (Å²) in [5.74, 6) is 0.289. The van der Waals surface area contributed by atoms with Crippen LogP contribution in [-0.4, -0.2) is 27.9 Å². The van der Waals surface area contributed by atoms with Gasteiger partial charge in [-0.05, 0) is 42.7 Å². The monoisotopic (exact) mass is 398 g/mol. The first-order chi connectivity index (χ1) is 13.3. The Morgan fingerprint density at radius 3 is 2.64 bits per heavy atom. The summed E-state index contributed by atoms with van der Waals surface area (Å²) in [6.45, 7) is 6.94. The van der Waals surface area contributed by atoms with E-state index in [1.165, 1.54) is 18.2 Å². The fourth-order valence-electron chi connectivity index (χ4n) is 4.67. The van der Waals surface area contributed by atoms with E-state index in [0.717, 1.165) is 24.2 Å². The number of carbonyl (C=O) groups is 2. The smallest absolute Gasteiger partial charge is 0.240 e. The molecule has 3 unspecified atom stereocenters. The minimum absolute atomic E-state index is 0.0873. The maximum Gasteiger partial charge on any atom is 0.240 e. The Morgan fingerprint density at radius 2 is 2.00 bits per heavy atom. The molecule has 0 aromatic heterocycles. The number of fused-ring (bicyclic) bond motifs is 2. The van der Waals surface area contributed by atoms with Gasteiger partial charge in [0.15, 0.2) is 5.17 Å². The van der Waals surface area contributed by atoms with E-state index < -0.39 is 5.25 Å². The van der Waals surface area contributed by atoms with Crippen molar-refractivity contribution >= 4 is 40.1 Å². The van der Waals surface area contributed by atoms with Crippen LogP contribution in [0.1, 0.15) is 46.5 Å². The van der Waals surface area contributed by atoms with Crippen molar-refractivity contribution in [2.45, 2.75) is 51.7 Å². The van der Waals surface area contributed by atoms with E-state index in [2.05, 4.69) is 41.6 Å². The number of carbonyl (C=O) groups excluding carboxylic acids is 2. The lowest BCUT2D eigenvalue weighted by Gasteiger charge is -2.34. The molecule has 1 aromatic carbocycles. The standard InChI is InChI=1S/C21H26N4O2S/c1-20(2)13-9-10-21(20,3)16(11-13)24-25-19-23-18(27)15(28-19)12-17(26)22-14-7-5-4-6-8-14/h4-8,13,15H,9-12H2,1-3H3,(H,22,26)(H,23,25,27)/b24-16-. The molecule has 1 aromatic rings. The summed E-state index contributed by atoms with van der Waals surface area (Å²) in [7, 11) is 0. The van der Waals surface area contributed by atoms with Crippen molar-refractivity contribution in [3.8, 4) is 0 Å². The van der Waals surface area contributed by atoms with Gasteiger partial charge in [0.25, 0.3) is 0 Å². The molecule has 6 nitrogen and oxygen atoms in total. The zero-order chi connectivity index (χ0) is 19.9. The molecule has 3 atom stereocenters. The van der Waals surface area contributed by atoms with Crippen molar-refractivity contribution in [3.63, 3.8) is 0 Å². The predicted octanol–water partition coefficient (Wildman–Crippen LogP) is 3.81. The van der Waals surface area contributed by atoms with Gasteiger partial charge in [-0.15, -0.1) is 5.10 Å². The van der Waals surface area contributed by atoms with Crippen LogP contribution in [0.15, 0.2) is 40.5 Å². The number of amides is 2. The highest BCUT2D eigenvalue weighted by atomic mass is 32.2. The number of rotatable bonds is 4. The van der Waals surface area contributed by atoms with E-state index in [9.17, 15) is 9.59 Å². The molecular weight excluding hydrogens is 372 g/mol. The third-order valence-corrected chi connectivity index (χ3v) is 8.05. The van der Waals surface area contributed by atoms with Gasteiger partial charge in [0.2, 0.25) is 11.8 Å². The van der Waals surface area contributed by atoms with Gasteiger partial charge in [-0.3, -0.25) is 9.59 Å². The molecular formula is C21H26N4O2S. The van der Waals surface area contributed by atoms with Crippen molar-refractivity contribution < 1.29 is 9.59 Å². The van der Waals surface area contributed by atoms with Crippen LogP contribution in [0.5, 0.6) is 0 Å². The van der Waals surface area contributed by atoms with Gasteiger partial charge in [-0.1, -0.05) is 50.7 Å². The number of para-hydroxylation sites is 1. The molecule has 1 aliphatic heterocycles. The highest BCUT2D eigenvalue weighted by Gasteiger charge is 2.60. The Kier molecular flexibility index (Phi) is 4.81. The largest absolute Gasteiger partial charge is 0.326 e. The summed E-state index contributed by atoms with van der Waals surface area (Å²) >= 11 is 1.28. The maximum absolute atomic E-state index is 12.2. The summed E-state index contributed by atoms with van der Waals surface area (Å²) in [6, 6.07) is 9.24. The zero-order valence-corrected chi connectivity index (χ0v) is 17.3. The molecule has 2 aliphatic carbocycles. The number of thioether (sulfide) groups is 1. The first-order valence-corrected chi connectivity index (χ1v) is 10.6. The minimum Gasteiger partial charge on any atom is -0.326 e. The normalized spacial score (nSPS) is 33.5. The molecule has 4 rings (SSSR count). The van der Waals surface area contributed by atoms with Crippen LogP contribution < -0.4 is 10.6 Å². The molecule has 2 amide bonds. The molecule has 0 spiro atoms. The van der Waals surface area contributed by atoms with Crippen molar-refractivity contribution in [1.29, 1.82) is 0 Å². The summed E-state index contributed by atoms with van der Waals surface area (Å²) < 4.78 is 0. The van der Waals surface area contributed by atoms with E-state index in [-0.39, 0.29) is 29.1 Å². The zero-order valence-electron chi connectivity index (χ0n) is 16.5. The molecule has 2 saturated carbocycles. The molecule has 3 aliphatic rings. The molecule has 28 heavy (non-hydrogen) atoms. The average molecular weight is 399 g/mol. The minimum atomic E-state index is -0.477. The Labute approximate surface area is 169 Å². The molecule has 1 heterocycles. The van der Waals surface area contributed by atoms with Crippen LogP contribution in [0, 0.1) is 16.7 Å². The second kappa shape index (κ2) is 7.03. The van der Waals surface area contributed by atoms with Gasteiger partial charge < -0.3 is 10.6 Å². The Hall–Kier alpha value is -2.15. The summed E-state index contributed by atoms with van der Waals surface area (Å²) in [5, 5.41) is 14.5. The van der Waals surface area contributed by atoms with Gasteiger partial charge in [-0.25, -0.2) is 0 Å². The van der Waals surface area contributed by atoms with E-state index in [4.69, 9.17) is 0 Å². The van der Waals surface area contributed by atoms with Gasteiger partial charge in [-0.2, -0.15) is 5.10 Å². The van der Waals surface area contributed by atoms with E-state index in [1.54, 1.807) is 0 Å². The second-order valence-corrected chi connectivity index (χ2v) is 9.85. The van der Waals surface area contributed by atoms with Crippen molar-refractivity contribution in [1.82, 2.24) is 5.32 Å². The van der Waals surface area contributed by atoms with Crippen molar-refractivity contribution in [3.05, 3.63) is 30.3 Å². The van der Waals surface area contributed by atoms with Crippen LogP contribution in [-0.2, 0) is 9.59 Å². The number of nitrogens with one attached hydrogen (secondary N) is 2. The number of hydrogen-bond donors (Lipinski definition) is 2. The number of anilines is 1. The topological polar surface area (TPSA) is 82.9 Å². The van der Waals surface area contributed by atoms with Gasteiger partial charge in [0.05, 0.1) is 0 Å². The number of nitrogens with zero attached hydrogens (tertiary/aromatic N) is 2. The maximum atomic E-state index is 12.2.